The summed E-state index contributed by atoms with van der Waals surface area (Å²) in [6, 6.07) is 7.46. The van der Waals surface area contributed by atoms with Crippen molar-refractivity contribution in [2.45, 2.75) is 23.1 Å². The van der Waals surface area contributed by atoms with Gasteiger partial charge in [0, 0.05) is 25.3 Å². The van der Waals surface area contributed by atoms with Crippen LogP contribution in [0.2, 0.25) is 0 Å². The Balaban J connectivity index is 1.45. The van der Waals surface area contributed by atoms with Gasteiger partial charge >= 0.3 is 6.03 Å². The SMILES string of the molecule is O=C(NNC(=O)N1CCC(NS(=O)(=O)c2cccs2)CC1)c1ccccn1. The van der Waals surface area contributed by atoms with E-state index in [-0.39, 0.29) is 15.9 Å². The molecule has 0 aromatic carbocycles. The lowest BCUT2D eigenvalue weighted by atomic mass is 10.1. The maximum absolute atomic E-state index is 12.2. The zero-order chi connectivity index (χ0) is 19.3. The highest BCUT2D eigenvalue weighted by molar-refractivity contribution is 7.91. The number of nitrogens with zero attached hydrogens (tertiary/aromatic N) is 2. The number of nitrogens with one attached hydrogen (secondary N) is 3. The molecule has 1 aliphatic rings. The molecule has 0 aliphatic carbocycles. The monoisotopic (exact) mass is 409 g/mol. The Labute approximate surface area is 160 Å². The first-order valence-corrected chi connectivity index (χ1v) is 10.6. The summed E-state index contributed by atoms with van der Waals surface area (Å²) in [5, 5.41) is 1.71. The second-order valence-corrected chi connectivity index (χ2v) is 8.80. The number of likely N-dealkylation sites (tertiary alicyclic amines) is 1. The Morgan fingerprint density at radius 1 is 1.11 bits per heavy atom. The average molecular weight is 409 g/mol. The van der Waals surface area contributed by atoms with Crippen LogP contribution < -0.4 is 15.6 Å². The lowest BCUT2D eigenvalue weighted by molar-refractivity contribution is 0.0922. The van der Waals surface area contributed by atoms with Gasteiger partial charge in [0.05, 0.1) is 0 Å². The van der Waals surface area contributed by atoms with Crippen LogP contribution in [0.3, 0.4) is 0 Å². The molecular weight excluding hydrogens is 390 g/mol. The molecule has 0 spiro atoms. The minimum atomic E-state index is -3.52. The van der Waals surface area contributed by atoms with Crippen molar-refractivity contribution in [3.8, 4) is 0 Å². The highest BCUT2D eigenvalue weighted by Crippen LogP contribution is 2.18. The van der Waals surface area contributed by atoms with Gasteiger partial charge in [0.25, 0.3) is 5.91 Å². The van der Waals surface area contributed by atoms with Crippen molar-refractivity contribution < 1.29 is 18.0 Å². The lowest BCUT2D eigenvalue weighted by Gasteiger charge is -2.32. The van der Waals surface area contributed by atoms with Gasteiger partial charge in [-0.3, -0.25) is 15.2 Å². The molecule has 0 saturated carbocycles. The van der Waals surface area contributed by atoms with Gasteiger partial charge in [-0.2, -0.15) is 0 Å². The molecule has 2 aromatic rings. The highest BCUT2D eigenvalue weighted by atomic mass is 32.2. The van der Waals surface area contributed by atoms with Crippen LogP contribution >= 0.6 is 11.3 Å². The minimum absolute atomic E-state index is 0.194. The van der Waals surface area contributed by atoms with Gasteiger partial charge in [-0.1, -0.05) is 12.1 Å². The summed E-state index contributed by atoms with van der Waals surface area (Å²) in [4.78, 5) is 29.4. The molecule has 11 heteroatoms. The van der Waals surface area contributed by atoms with Crippen molar-refractivity contribution >= 4 is 33.3 Å². The number of sulfonamides is 1. The quantitative estimate of drug-likeness (QED) is 0.649. The molecule has 1 fully saturated rings. The van der Waals surface area contributed by atoms with E-state index < -0.39 is 22.0 Å². The summed E-state index contributed by atoms with van der Waals surface area (Å²) in [6.07, 6.45) is 2.47. The Hall–Kier alpha value is -2.50. The lowest BCUT2D eigenvalue weighted by Crippen LogP contribution is -2.53. The van der Waals surface area contributed by atoms with Crippen molar-refractivity contribution in [1.29, 1.82) is 0 Å². The van der Waals surface area contributed by atoms with E-state index in [1.807, 2.05) is 0 Å². The van der Waals surface area contributed by atoms with Crippen molar-refractivity contribution in [3.05, 3.63) is 47.6 Å². The van der Waals surface area contributed by atoms with Gasteiger partial charge < -0.3 is 4.90 Å². The summed E-state index contributed by atoms with van der Waals surface area (Å²) in [7, 11) is -3.52. The Kier molecular flexibility index (Phi) is 6.04. The van der Waals surface area contributed by atoms with E-state index in [0.717, 1.165) is 11.3 Å². The highest BCUT2D eigenvalue weighted by Gasteiger charge is 2.27. The third-order valence-corrected chi connectivity index (χ3v) is 6.96. The van der Waals surface area contributed by atoms with E-state index in [9.17, 15) is 18.0 Å². The molecule has 1 aliphatic heterocycles. The topological polar surface area (TPSA) is 120 Å². The van der Waals surface area contributed by atoms with Gasteiger partial charge in [0.15, 0.2) is 0 Å². The Morgan fingerprint density at radius 2 is 1.89 bits per heavy atom. The first-order valence-electron chi connectivity index (χ1n) is 8.28. The molecule has 2 aromatic heterocycles. The van der Waals surface area contributed by atoms with E-state index in [1.165, 1.54) is 17.2 Å². The van der Waals surface area contributed by atoms with Gasteiger partial charge in [0.1, 0.15) is 9.90 Å². The largest absolute Gasteiger partial charge is 0.336 e. The number of rotatable bonds is 4. The van der Waals surface area contributed by atoms with E-state index in [0.29, 0.717) is 25.9 Å². The molecule has 3 amide bonds. The number of aromatic nitrogens is 1. The number of amides is 3. The molecule has 0 radical (unpaired) electrons. The normalized spacial score (nSPS) is 15.3. The van der Waals surface area contributed by atoms with Crippen LogP contribution in [-0.4, -0.2) is 49.4 Å². The third kappa shape index (κ3) is 5.02. The van der Waals surface area contributed by atoms with Crippen molar-refractivity contribution in [2.75, 3.05) is 13.1 Å². The van der Waals surface area contributed by atoms with Crippen LogP contribution in [0.25, 0.3) is 0 Å². The maximum Gasteiger partial charge on any atom is 0.336 e. The number of pyridine rings is 1. The Bertz CT molecular complexity index is 879. The predicted molar refractivity (Wildman–Crippen MR) is 99.5 cm³/mol. The number of carbonyl (C=O) groups excluding carboxylic acids is 2. The van der Waals surface area contributed by atoms with Gasteiger partial charge in [-0.25, -0.2) is 23.4 Å². The maximum atomic E-state index is 12.2. The molecule has 144 valence electrons. The fraction of sp³-hybridized carbons (Fsp3) is 0.312. The summed E-state index contributed by atoms with van der Waals surface area (Å²) in [5.74, 6) is -0.512. The first kappa shape index (κ1) is 19.3. The number of hydrazine groups is 1. The number of thiophene rings is 1. The van der Waals surface area contributed by atoms with Crippen LogP contribution in [-0.2, 0) is 10.0 Å². The molecule has 0 atom stereocenters. The van der Waals surface area contributed by atoms with Gasteiger partial charge in [-0.05, 0) is 36.4 Å². The molecule has 27 heavy (non-hydrogen) atoms. The number of urea groups is 1. The first-order chi connectivity index (χ1) is 13.0. The summed E-state index contributed by atoms with van der Waals surface area (Å²) in [5.41, 5.74) is 4.85. The van der Waals surface area contributed by atoms with Crippen LogP contribution in [0.4, 0.5) is 4.79 Å². The number of carbonyl (C=O) groups is 2. The van der Waals surface area contributed by atoms with Crippen molar-refractivity contribution in [1.82, 2.24) is 25.5 Å². The predicted octanol–water partition coefficient (Wildman–Crippen LogP) is 0.940. The zero-order valence-corrected chi connectivity index (χ0v) is 15.9. The molecule has 3 rings (SSSR count). The second kappa shape index (κ2) is 8.46. The van der Waals surface area contributed by atoms with Gasteiger partial charge in [0.2, 0.25) is 10.0 Å². The van der Waals surface area contributed by atoms with Crippen molar-refractivity contribution in [2.24, 2.45) is 0 Å². The molecular formula is C16H19N5O4S2. The van der Waals surface area contributed by atoms with E-state index in [2.05, 4.69) is 20.6 Å². The summed E-state index contributed by atoms with van der Waals surface area (Å²) < 4.78 is 27.4. The number of piperidine rings is 1. The second-order valence-electron chi connectivity index (χ2n) is 5.91. The number of hydrogen-bond donors (Lipinski definition) is 3. The standard InChI is InChI=1S/C16H19N5O4S2/c22-15(13-4-1-2-8-17-13)18-19-16(23)21-9-6-12(7-10-21)20-27(24,25)14-5-3-11-26-14/h1-5,8,11-12,20H,6-7,9-10H2,(H,18,22)(H,19,23). The fourth-order valence-electron chi connectivity index (χ4n) is 2.64. The van der Waals surface area contributed by atoms with Crippen LogP contribution in [0, 0.1) is 0 Å². The van der Waals surface area contributed by atoms with Crippen LogP contribution in [0.1, 0.15) is 23.3 Å². The molecule has 3 N–H and O–H groups in total. The molecule has 3 heterocycles. The Morgan fingerprint density at radius 3 is 2.52 bits per heavy atom. The van der Waals surface area contributed by atoms with Gasteiger partial charge in [-0.15, -0.1) is 11.3 Å². The average Bonchev–Trinajstić information content (AvgIpc) is 3.23. The molecule has 1 saturated heterocycles. The van der Waals surface area contributed by atoms with Crippen LogP contribution in [0.15, 0.2) is 46.1 Å². The molecule has 0 unspecified atom stereocenters. The van der Waals surface area contributed by atoms with E-state index in [4.69, 9.17) is 0 Å². The summed E-state index contributed by atoms with van der Waals surface area (Å²) >= 11 is 1.16. The smallest absolute Gasteiger partial charge is 0.323 e. The third-order valence-electron chi connectivity index (χ3n) is 4.04. The van der Waals surface area contributed by atoms with Crippen molar-refractivity contribution in [3.63, 3.8) is 0 Å². The van der Waals surface area contributed by atoms with E-state index in [1.54, 1.807) is 29.6 Å². The van der Waals surface area contributed by atoms with E-state index >= 15 is 0 Å². The summed E-state index contributed by atoms with van der Waals surface area (Å²) in [6.45, 7) is 0.756. The van der Waals surface area contributed by atoms with Crippen LogP contribution in [0.5, 0.6) is 0 Å². The molecule has 0 bridgehead atoms. The zero-order valence-electron chi connectivity index (χ0n) is 14.3. The molecule has 9 nitrogen and oxygen atoms in total. The minimum Gasteiger partial charge on any atom is -0.323 e. The fourth-order valence-corrected chi connectivity index (χ4v) is 4.96. The number of hydrogen-bond acceptors (Lipinski definition) is 6.